The summed E-state index contributed by atoms with van der Waals surface area (Å²) in [7, 11) is 1.59. The van der Waals surface area contributed by atoms with Crippen molar-refractivity contribution in [3.63, 3.8) is 0 Å². The van der Waals surface area contributed by atoms with E-state index in [4.69, 9.17) is 9.84 Å². The summed E-state index contributed by atoms with van der Waals surface area (Å²) in [5, 5.41) is 11.6. The van der Waals surface area contributed by atoms with Crippen LogP contribution in [0.15, 0.2) is 22.7 Å². The van der Waals surface area contributed by atoms with Crippen LogP contribution >= 0.6 is 15.9 Å². The molecular formula is C13H16BrNO4. The summed E-state index contributed by atoms with van der Waals surface area (Å²) in [6, 6.07) is 4.66. The zero-order valence-corrected chi connectivity index (χ0v) is 12.4. The molecule has 0 spiro atoms. The molecule has 0 fully saturated rings. The highest BCUT2D eigenvalue weighted by Crippen LogP contribution is 2.21. The maximum absolute atomic E-state index is 11.7. The summed E-state index contributed by atoms with van der Waals surface area (Å²) in [5.41, 5.74) is 0.582. The van der Waals surface area contributed by atoms with E-state index in [9.17, 15) is 9.59 Å². The highest BCUT2D eigenvalue weighted by Gasteiger charge is 2.11. The lowest BCUT2D eigenvalue weighted by molar-refractivity contribution is -0.116. The van der Waals surface area contributed by atoms with Gasteiger partial charge in [0.05, 0.1) is 11.7 Å². The van der Waals surface area contributed by atoms with Crippen molar-refractivity contribution in [3.8, 4) is 0 Å². The van der Waals surface area contributed by atoms with Crippen molar-refractivity contribution in [3.05, 3.63) is 28.2 Å². The first-order valence-corrected chi connectivity index (χ1v) is 6.58. The number of halogens is 1. The molecule has 6 heteroatoms. The van der Waals surface area contributed by atoms with Gasteiger partial charge in [-0.05, 0) is 47.5 Å². The Hall–Kier alpha value is -1.40. The lowest BCUT2D eigenvalue weighted by Crippen LogP contribution is -2.15. The van der Waals surface area contributed by atoms with Gasteiger partial charge >= 0.3 is 5.97 Å². The highest BCUT2D eigenvalue weighted by atomic mass is 79.9. The minimum absolute atomic E-state index is 0.0187. The molecule has 1 rings (SSSR count). The van der Waals surface area contributed by atoms with E-state index < -0.39 is 5.97 Å². The average Bonchev–Trinajstić information content (AvgIpc) is 2.37. The lowest BCUT2D eigenvalue weighted by Gasteiger charge is -2.10. The summed E-state index contributed by atoms with van der Waals surface area (Å²) in [6.45, 7) is 1.88. The van der Waals surface area contributed by atoms with Crippen LogP contribution in [0.4, 0.5) is 5.69 Å². The predicted molar refractivity (Wildman–Crippen MR) is 75.4 cm³/mol. The Balaban J connectivity index is 2.64. The summed E-state index contributed by atoms with van der Waals surface area (Å²) < 4.78 is 5.53. The molecule has 1 aromatic rings. The van der Waals surface area contributed by atoms with Gasteiger partial charge < -0.3 is 15.2 Å². The number of carbonyl (C=O) groups excluding carboxylic acids is 1. The number of carboxylic acids is 1. The van der Waals surface area contributed by atoms with E-state index in [-0.39, 0.29) is 17.6 Å². The number of nitrogens with one attached hydrogen (secondary N) is 1. The molecule has 0 aliphatic carbocycles. The quantitative estimate of drug-likeness (QED) is 0.841. The van der Waals surface area contributed by atoms with Crippen molar-refractivity contribution in [2.75, 3.05) is 12.4 Å². The van der Waals surface area contributed by atoms with E-state index in [0.29, 0.717) is 23.0 Å². The van der Waals surface area contributed by atoms with Gasteiger partial charge in [0.25, 0.3) is 0 Å². The second-order valence-corrected chi connectivity index (χ2v) is 4.99. The zero-order chi connectivity index (χ0) is 14.4. The van der Waals surface area contributed by atoms with Gasteiger partial charge in [0.1, 0.15) is 0 Å². The normalized spacial score (nSPS) is 11.9. The monoisotopic (exact) mass is 329 g/mol. The molecule has 0 aromatic heterocycles. The van der Waals surface area contributed by atoms with Gasteiger partial charge in [0, 0.05) is 23.7 Å². The van der Waals surface area contributed by atoms with Crippen molar-refractivity contribution in [2.24, 2.45) is 0 Å². The minimum atomic E-state index is -1.05. The number of amides is 1. The van der Waals surface area contributed by atoms with Crippen LogP contribution in [0.1, 0.15) is 30.1 Å². The predicted octanol–water partition coefficient (Wildman–Crippen LogP) is 2.90. The number of hydrogen-bond acceptors (Lipinski definition) is 3. The number of methoxy groups -OCH3 is 1. The topological polar surface area (TPSA) is 75.6 Å². The number of anilines is 1. The molecule has 0 saturated heterocycles. The summed E-state index contributed by atoms with van der Waals surface area (Å²) >= 11 is 3.15. The van der Waals surface area contributed by atoms with E-state index in [2.05, 4.69) is 21.2 Å². The molecule has 0 heterocycles. The van der Waals surface area contributed by atoms with Crippen molar-refractivity contribution in [2.45, 2.75) is 25.9 Å². The third-order valence-electron chi connectivity index (χ3n) is 2.66. The number of ether oxygens (including phenoxy) is 1. The zero-order valence-electron chi connectivity index (χ0n) is 10.8. The Morgan fingerprint density at radius 3 is 2.74 bits per heavy atom. The van der Waals surface area contributed by atoms with Crippen LogP contribution in [-0.4, -0.2) is 30.2 Å². The van der Waals surface area contributed by atoms with E-state index >= 15 is 0 Å². The molecular weight excluding hydrogens is 314 g/mol. The van der Waals surface area contributed by atoms with Gasteiger partial charge in [-0.1, -0.05) is 0 Å². The van der Waals surface area contributed by atoms with Crippen LogP contribution in [0.25, 0.3) is 0 Å². The van der Waals surface area contributed by atoms with Gasteiger partial charge in [0.15, 0.2) is 0 Å². The first-order valence-electron chi connectivity index (χ1n) is 5.79. The SMILES string of the molecule is COC(C)CCC(=O)Nc1ccc(Br)c(C(=O)O)c1. The molecule has 5 nitrogen and oxygen atoms in total. The molecule has 1 atom stereocenters. The molecule has 19 heavy (non-hydrogen) atoms. The number of aromatic carboxylic acids is 1. The largest absolute Gasteiger partial charge is 0.478 e. The fourth-order valence-corrected chi connectivity index (χ4v) is 1.86. The molecule has 0 bridgehead atoms. The molecule has 2 N–H and O–H groups in total. The van der Waals surface area contributed by atoms with Crippen LogP contribution in [0, 0.1) is 0 Å². The molecule has 1 unspecified atom stereocenters. The first-order chi connectivity index (χ1) is 8.93. The van der Waals surface area contributed by atoms with Crippen molar-refractivity contribution in [1.29, 1.82) is 0 Å². The summed E-state index contributed by atoms with van der Waals surface area (Å²) in [4.78, 5) is 22.6. The van der Waals surface area contributed by atoms with Gasteiger partial charge in [-0.25, -0.2) is 4.79 Å². The second-order valence-electron chi connectivity index (χ2n) is 4.13. The van der Waals surface area contributed by atoms with Crippen molar-refractivity contribution >= 4 is 33.5 Å². The number of carboxylic acid groups (broad SMARTS) is 1. The van der Waals surface area contributed by atoms with Crippen LogP contribution in [0.5, 0.6) is 0 Å². The lowest BCUT2D eigenvalue weighted by atomic mass is 10.2. The fraction of sp³-hybridized carbons (Fsp3) is 0.385. The molecule has 1 amide bonds. The third kappa shape index (κ3) is 5.00. The second kappa shape index (κ2) is 7.25. The summed E-state index contributed by atoms with van der Waals surface area (Å²) in [5.74, 6) is -1.21. The van der Waals surface area contributed by atoms with Gasteiger partial charge in [-0.2, -0.15) is 0 Å². The van der Waals surface area contributed by atoms with E-state index in [1.54, 1.807) is 19.2 Å². The van der Waals surface area contributed by atoms with E-state index in [1.165, 1.54) is 6.07 Å². The smallest absolute Gasteiger partial charge is 0.336 e. The number of hydrogen-bond donors (Lipinski definition) is 2. The minimum Gasteiger partial charge on any atom is -0.478 e. The third-order valence-corrected chi connectivity index (χ3v) is 3.35. The van der Waals surface area contributed by atoms with Crippen LogP contribution in [0.2, 0.25) is 0 Å². The Morgan fingerprint density at radius 1 is 1.47 bits per heavy atom. The van der Waals surface area contributed by atoms with E-state index in [0.717, 1.165) is 0 Å². The average molecular weight is 330 g/mol. The maximum Gasteiger partial charge on any atom is 0.336 e. The molecule has 0 radical (unpaired) electrons. The standard InChI is InChI=1S/C13H16BrNO4/c1-8(19-2)3-6-12(16)15-9-4-5-11(14)10(7-9)13(17)18/h4-5,7-8H,3,6H2,1-2H3,(H,15,16)(H,17,18). The molecule has 0 aliphatic rings. The van der Waals surface area contributed by atoms with Gasteiger partial charge in [0.2, 0.25) is 5.91 Å². The van der Waals surface area contributed by atoms with Gasteiger partial charge in [-0.15, -0.1) is 0 Å². The molecule has 104 valence electrons. The fourth-order valence-electron chi connectivity index (χ4n) is 1.44. The van der Waals surface area contributed by atoms with E-state index in [1.807, 2.05) is 6.92 Å². The Kier molecular flexibility index (Phi) is 5.98. The Labute approximate surface area is 120 Å². The summed E-state index contributed by atoms with van der Waals surface area (Å²) in [6.07, 6.45) is 0.961. The molecule has 1 aromatic carbocycles. The van der Waals surface area contributed by atoms with Crippen LogP contribution < -0.4 is 5.32 Å². The molecule has 0 aliphatic heterocycles. The molecule has 0 saturated carbocycles. The highest BCUT2D eigenvalue weighted by molar-refractivity contribution is 9.10. The first kappa shape index (κ1) is 15.7. The number of rotatable bonds is 6. The maximum atomic E-state index is 11.7. The van der Waals surface area contributed by atoms with Crippen molar-refractivity contribution < 1.29 is 19.4 Å². The van der Waals surface area contributed by atoms with Crippen LogP contribution in [0.3, 0.4) is 0 Å². The van der Waals surface area contributed by atoms with Gasteiger partial charge in [-0.3, -0.25) is 4.79 Å². The number of benzene rings is 1. The van der Waals surface area contributed by atoms with Crippen LogP contribution in [-0.2, 0) is 9.53 Å². The Morgan fingerprint density at radius 2 is 2.16 bits per heavy atom. The van der Waals surface area contributed by atoms with Crippen molar-refractivity contribution in [1.82, 2.24) is 0 Å². The Bertz CT molecular complexity index is 476. The number of carbonyl (C=O) groups is 2.